The molecule has 0 amide bonds. The third kappa shape index (κ3) is 2.00. The molecule has 0 unspecified atom stereocenters. The molecule has 0 saturated carbocycles. The van der Waals surface area contributed by atoms with Crippen molar-refractivity contribution in [1.29, 1.82) is 0 Å². The summed E-state index contributed by atoms with van der Waals surface area (Å²) in [6.45, 7) is 0. The second-order valence-electron chi connectivity index (χ2n) is 6.14. The number of aromatic nitrogens is 2. The number of aryl methyl sites for hydroxylation is 1. The molecule has 0 saturated heterocycles. The SMILES string of the molecule is Cn1c2cc[c]([Sn]([CH3])([CH3])[CH3])cc2c2c[n+]([O-])ccc21. The summed E-state index contributed by atoms with van der Waals surface area (Å²) in [7, 11) is 2.06. The number of hydrogen-bond acceptors (Lipinski definition) is 1. The Balaban J connectivity index is 2.44. The summed E-state index contributed by atoms with van der Waals surface area (Å²) in [5, 5.41) is 13.8. The molecule has 0 atom stereocenters. The first kappa shape index (κ1) is 12.8. The second-order valence-corrected chi connectivity index (χ2v) is 20.6. The molecule has 19 heavy (non-hydrogen) atoms. The van der Waals surface area contributed by atoms with Crippen LogP contribution in [0.4, 0.5) is 0 Å². The Hall–Kier alpha value is -1.23. The summed E-state index contributed by atoms with van der Waals surface area (Å²) >= 11 is -2.08. The zero-order valence-corrected chi connectivity index (χ0v) is 14.6. The first-order valence-corrected chi connectivity index (χ1v) is 16.5. The first-order valence-electron chi connectivity index (χ1n) is 6.49. The molecule has 0 bridgehead atoms. The quantitative estimate of drug-likeness (QED) is 0.373. The molecule has 0 aliphatic rings. The predicted octanol–water partition coefficient (Wildman–Crippen LogP) is 2.51. The molecule has 3 rings (SSSR count). The molecular formula is C15H18N2OSn. The van der Waals surface area contributed by atoms with Gasteiger partial charge in [0, 0.05) is 0 Å². The molecule has 98 valence electrons. The maximum absolute atomic E-state index is 11.5. The van der Waals surface area contributed by atoms with E-state index >= 15 is 0 Å². The van der Waals surface area contributed by atoms with Gasteiger partial charge < -0.3 is 0 Å². The van der Waals surface area contributed by atoms with Crippen LogP contribution in [0.5, 0.6) is 0 Å². The molecule has 0 aliphatic heterocycles. The molecule has 2 aromatic heterocycles. The minimum absolute atomic E-state index is 0.884. The third-order valence-corrected chi connectivity index (χ3v) is 9.62. The van der Waals surface area contributed by atoms with Gasteiger partial charge in [0.15, 0.2) is 0 Å². The summed E-state index contributed by atoms with van der Waals surface area (Å²) in [5.41, 5.74) is 2.31. The molecule has 0 radical (unpaired) electrons. The summed E-state index contributed by atoms with van der Waals surface area (Å²) in [4.78, 5) is 7.23. The Morgan fingerprint density at radius 3 is 2.42 bits per heavy atom. The normalized spacial score (nSPS) is 12.4. The number of hydrogen-bond donors (Lipinski definition) is 0. The number of fused-ring (bicyclic) bond motifs is 3. The summed E-state index contributed by atoms with van der Waals surface area (Å²) in [5.74, 6) is 0. The fourth-order valence-electron chi connectivity index (χ4n) is 2.61. The Kier molecular flexibility index (Phi) is 2.78. The van der Waals surface area contributed by atoms with Crippen molar-refractivity contribution in [2.75, 3.05) is 0 Å². The van der Waals surface area contributed by atoms with E-state index in [-0.39, 0.29) is 0 Å². The van der Waals surface area contributed by atoms with Gasteiger partial charge in [0.1, 0.15) is 0 Å². The minimum atomic E-state index is -2.08. The van der Waals surface area contributed by atoms with Crippen molar-refractivity contribution >= 4 is 43.8 Å². The molecule has 2 heterocycles. The first-order chi connectivity index (χ1) is 8.88. The van der Waals surface area contributed by atoms with E-state index in [2.05, 4.69) is 44.6 Å². The van der Waals surface area contributed by atoms with Crippen molar-refractivity contribution in [2.24, 2.45) is 7.05 Å². The fourth-order valence-corrected chi connectivity index (χ4v) is 5.92. The Bertz CT molecular complexity index is 784. The van der Waals surface area contributed by atoms with Gasteiger partial charge in [-0.15, -0.1) is 0 Å². The molecule has 0 spiro atoms. The predicted molar refractivity (Wildman–Crippen MR) is 82.4 cm³/mol. The zero-order valence-electron chi connectivity index (χ0n) is 11.8. The zero-order chi connectivity index (χ0) is 13.8. The Labute approximate surface area is 116 Å². The van der Waals surface area contributed by atoms with Crippen LogP contribution in [0.15, 0.2) is 36.7 Å². The maximum atomic E-state index is 11.5. The topological polar surface area (TPSA) is 31.9 Å². The van der Waals surface area contributed by atoms with Crippen molar-refractivity contribution in [3.8, 4) is 0 Å². The average Bonchev–Trinajstić information content (AvgIpc) is 2.61. The van der Waals surface area contributed by atoms with Crippen molar-refractivity contribution < 1.29 is 4.73 Å². The van der Waals surface area contributed by atoms with Crippen molar-refractivity contribution in [3.63, 3.8) is 0 Å². The van der Waals surface area contributed by atoms with E-state index in [4.69, 9.17) is 0 Å². The van der Waals surface area contributed by atoms with Crippen LogP contribution in [0, 0.1) is 5.21 Å². The van der Waals surface area contributed by atoms with Gasteiger partial charge in [-0.3, -0.25) is 0 Å². The summed E-state index contributed by atoms with van der Waals surface area (Å²) in [6.07, 6.45) is 3.24. The van der Waals surface area contributed by atoms with Crippen molar-refractivity contribution in [1.82, 2.24) is 4.57 Å². The Morgan fingerprint density at radius 2 is 1.74 bits per heavy atom. The van der Waals surface area contributed by atoms with Crippen LogP contribution in [0.3, 0.4) is 0 Å². The van der Waals surface area contributed by atoms with E-state index in [1.165, 1.54) is 14.5 Å². The van der Waals surface area contributed by atoms with E-state index in [0.29, 0.717) is 0 Å². The van der Waals surface area contributed by atoms with Crippen LogP contribution in [0.2, 0.25) is 14.8 Å². The molecule has 3 nitrogen and oxygen atoms in total. The van der Waals surface area contributed by atoms with Crippen LogP contribution < -0.4 is 8.31 Å². The molecule has 0 fully saturated rings. The fraction of sp³-hybridized carbons (Fsp3) is 0.267. The van der Waals surface area contributed by atoms with E-state index in [1.807, 2.05) is 6.07 Å². The Morgan fingerprint density at radius 1 is 1.05 bits per heavy atom. The van der Waals surface area contributed by atoms with Crippen LogP contribution in [-0.4, -0.2) is 22.9 Å². The average molecular weight is 361 g/mol. The number of rotatable bonds is 1. The van der Waals surface area contributed by atoms with Crippen LogP contribution in [0.1, 0.15) is 0 Å². The van der Waals surface area contributed by atoms with Crippen LogP contribution in [0.25, 0.3) is 21.8 Å². The molecule has 4 heteroatoms. The van der Waals surface area contributed by atoms with Gasteiger partial charge in [-0.05, 0) is 0 Å². The van der Waals surface area contributed by atoms with Gasteiger partial charge >= 0.3 is 117 Å². The van der Waals surface area contributed by atoms with E-state index in [9.17, 15) is 5.21 Å². The van der Waals surface area contributed by atoms with E-state index in [0.717, 1.165) is 15.6 Å². The van der Waals surface area contributed by atoms with Crippen molar-refractivity contribution in [2.45, 2.75) is 14.8 Å². The summed E-state index contributed by atoms with van der Waals surface area (Å²) < 4.78 is 4.54. The van der Waals surface area contributed by atoms with Gasteiger partial charge in [0.05, 0.1) is 0 Å². The van der Waals surface area contributed by atoms with Gasteiger partial charge in [-0.25, -0.2) is 0 Å². The third-order valence-electron chi connectivity index (χ3n) is 3.79. The van der Waals surface area contributed by atoms with Gasteiger partial charge in [0.2, 0.25) is 0 Å². The number of pyridine rings is 1. The molecule has 0 N–H and O–H groups in total. The van der Waals surface area contributed by atoms with E-state index < -0.39 is 18.4 Å². The second kappa shape index (κ2) is 4.13. The molecule has 0 aliphatic carbocycles. The molecule has 1 aromatic carbocycles. The van der Waals surface area contributed by atoms with Crippen LogP contribution in [-0.2, 0) is 7.05 Å². The van der Waals surface area contributed by atoms with E-state index in [1.54, 1.807) is 12.4 Å². The standard InChI is InChI=1S/C12H9N2O.3CH3.Sn/c1-13-11-5-3-2-4-9(11)10-8-14(15)7-6-12(10)13;;;;/h3-8H,1H3;3*1H3;. The summed E-state index contributed by atoms with van der Waals surface area (Å²) in [6, 6.07) is 8.65. The van der Waals surface area contributed by atoms with Gasteiger partial charge in [-0.1, -0.05) is 0 Å². The molecular weight excluding hydrogens is 343 g/mol. The number of benzene rings is 1. The van der Waals surface area contributed by atoms with Gasteiger partial charge in [0.25, 0.3) is 0 Å². The van der Waals surface area contributed by atoms with Crippen molar-refractivity contribution in [3.05, 3.63) is 41.9 Å². The number of nitrogens with zero attached hydrogens (tertiary/aromatic N) is 2. The van der Waals surface area contributed by atoms with Gasteiger partial charge in [-0.2, -0.15) is 0 Å². The monoisotopic (exact) mass is 362 g/mol. The molecule has 3 aromatic rings. The van der Waals surface area contributed by atoms with Crippen LogP contribution >= 0.6 is 0 Å².